The third-order valence-electron chi connectivity index (χ3n) is 3.57. The van der Waals surface area contributed by atoms with E-state index in [2.05, 4.69) is 36.4 Å². The summed E-state index contributed by atoms with van der Waals surface area (Å²) in [5.41, 5.74) is 9.53. The maximum absolute atomic E-state index is 6.08. The first-order chi connectivity index (χ1) is 8.94. The Labute approximate surface area is 114 Å². The average molecular weight is 261 g/mol. The number of nitrogens with zero attached hydrogens (tertiary/aromatic N) is 2. The van der Waals surface area contributed by atoms with E-state index in [4.69, 9.17) is 10.5 Å². The van der Waals surface area contributed by atoms with Crippen LogP contribution in [-0.4, -0.2) is 23.3 Å². The molecule has 0 aliphatic heterocycles. The minimum absolute atomic E-state index is 0.125. The largest absolute Gasteiger partial charge is 0.385 e. The molecule has 4 heteroatoms. The average Bonchev–Trinajstić information content (AvgIpc) is 2.64. The number of rotatable bonds is 5. The lowest BCUT2D eigenvalue weighted by molar-refractivity contribution is 0.143. The third kappa shape index (κ3) is 2.89. The van der Waals surface area contributed by atoms with Crippen molar-refractivity contribution in [3.8, 4) is 0 Å². The Kier molecular flexibility index (Phi) is 3.80. The zero-order valence-corrected chi connectivity index (χ0v) is 12.2. The highest BCUT2D eigenvalue weighted by molar-refractivity contribution is 5.81. The summed E-state index contributed by atoms with van der Waals surface area (Å²) in [6, 6.07) is 6.13. The number of aromatic nitrogens is 2. The van der Waals surface area contributed by atoms with Crippen LogP contribution in [0.4, 0.5) is 5.95 Å². The molecule has 0 aliphatic rings. The fourth-order valence-electron chi connectivity index (χ4n) is 2.43. The van der Waals surface area contributed by atoms with Crippen LogP contribution < -0.4 is 5.73 Å². The fourth-order valence-corrected chi connectivity index (χ4v) is 2.43. The SMILES string of the molecule is COCCC(C)(C)Cn1c(N)nc2cccc(C)c21. The second kappa shape index (κ2) is 5.21. The van der Waals surface area contributed by atoms with Crippen LogP contribution in [-0.2, 0) is 11.3 Å². The maximum Gasteiger partial charge on any atom is 0.201 e. The van der Waals surface area contributed by atoms with Crippen molar-refractivity contribution in [3.05, 3.63) is 23.8 Å². The summed E-state index contributed by atoms with van der Waals surface area (Å²) in [5, 5.41) is 0. The highest BCUT2D eigenvalue weighted by Crippen LogP contribution is 2.28. The number of hydrogen-bond acceptors (Lipinski definition) is 3. The molecule has 0 fully saturated rings. The monoisotopic (exact) mass is 261 g/mol. The summed E-state index contributed by atoms with van der Waals surface area (Å²) >= 11 is 0. The zero-order chi connectivity index (χ0) is 14.0. The molecule has 1 heterocycles. The number of imidazole rings is 1. The molecule has 2 rings (SSSR count). The van der Waals surface area contributed by atoms with Crippen molar-refractivity contribution < 1.29 is 4.74 Å². The van der Waals surface area contributed by atoms with E-state index >= 15 is 0 Å². The minimum atomic E-state index is 0.125. The van der Waals surface area contributed by atoms with Gasteiger partial charge in [-0.05, 0) is 30.4 Å². The summed E-state index contributed by atoms with van der Waals surface area (Å²) in [4.78, 5) is 4.45. The van der Waals surface area contributed by atoms with Crippen LogP contribution in [0.5, 0.6) is 0 Å². The van der Waals surface area contributed by atoms with Gasteiger partial charge >= 0.3 is 0 Å². The van der Waals surface area contributed by atoms with E-state index in [0.717, 1.165) is 30.6 Å². The van der Waals surface area contributed by atoms with Gasteiger partial charge in [0.15, 0.2) is 0 Å². The Balaban J connectivity index is 2.37. The first kappa shape index (κ1) is 13.9. The van der Waals surface area contributed by atoms with Gasteiger partial charge in [0.2, 0.25) is 5.95 Å². The van der Waals surface area contributed by atoms with E-state index in [1.165, 1.54) is 5.56 Å². The van der Waals surface area contributed by atoms with Crippen molar-refractivity contribution >= 4 is 17.0 Å². The molecule has 104 valence electrons. The first-order valence-corrected chi connectivity index (χ1v) is 6.65. The zero-order valence-electron chi connectivity index (χ0n) is 12.2. The summed E-state index contributed by atoms with van der Waals surface area (Å²) < 4.78 is 7.31. The predicted molar refractivity (Wildman–Crippen MR) is 79.2 cm³/mol. The molecule has 1 aromatic carbocycles. The van der Waals surface area contributed by atoms with Gasteiger partial charge in [-0.15, -0.1) is 0 Å². The quantitative estimate of drug-likeness (QED) is 0.900. The molecule has 0 saturated heterocycles. The van der Waals surface area contributed by atoms with Crippen molar-refractivity contribution in [1.29, 1.82) is 0 Å². The molecular weight excluding hydrogens is 238 g/mol. The molecule has 0 atom stereocenters. The highest BCUT2D eigenvalue weighted by atomic mass is 16.5. The van der Waals surface area contributed by atoms with Gasteiger partial charge in [0.05, 0.1) is 11.0 Å². The lowest BCUT2D eigenvalue weighted by Crippen LogP contribution is -2.22. The molecule has 4 nitrogen and oxygen atoms in total. The van der Waals surface area contributed by atoms with Crippen molar-refractivity contribution in [2.45, 2.75) is 33.7 Å². The van der Waals surface area contributed by atoms with Gasteiger partial charge in [0, 0.05) is 20.3 Å². The maximum atomic E-state index is 6.08. The summed E-state index contributed by atoms with van der Waals surface area (Å²) in [5.74, 6) is 0.592. The number of para-hydroxylation sites is 1. The molecule has 0 amide bonds. The molecule has 0 spiro atoms. The topological polar surface area (TPSA) is 53.1 Å². The minimum Gasteiger partial charge on any atom is -0.385 e. The molecule has 19 heavy (non-hydrogen) atoms. The standard InChI is InChI=1S/C15H23N3O/c1-11-6-5-7-12-13(11)18(14(16)17-12)10-15(2,3)8-9-19-4/h5-7H,8-10H2,1-4H3,(H2,16,17). The summed E-state index contributed by atoms with van der Waals surface area (Å²) in [6.07, 6.45) is 0.995. The van der Waals surface area contributed by atoms with Gasteiger partial charge < -0.3 is 15.0 Å². The van der Waals surface area contributed by atoms with Gasteiger partial charge in [-0.25, -0.2) is 4.98 Å². The normalized spacial score (nSPS) is 12.2. The van der Waals surface area contributed by atoms with Crippen molar-refractivity contribution in [2.24, 2.45) is 5.41 Å². The van der Waals surface area contributed by atoms with Gasteiger partial charge in [-0.2, -0.15) is 0 Å². The van der Waals surface area contributed by atoms with Crippen molar-refractivity contribution in [3.63, 3.8) is 0 Å². The van der Waals surface area contributed by atoms with Gasteiger partial charge in [0.25, 0.3) is 0 Å². The molecule has 0 unspecified atom stereocenters. The Morgan fingerprint density at radius 1 is 1.37 bits per heavy atom. The van der Waals surface area contributed by atoms with Crippen LogP contribution in [0.25, 0.3) is 11.0 Å². The van der Waals surface area contributed by atoms with Crippen LogP contribution in [0.1, 0.15) is 25.8 Å². The van der Waals surface area contributed by atoms with E-state index in [1.54, 1.807) is 7.11 Å². The third-order valence-corrected chi connectivity index (χ3v) is 3.57. The Bertz CT molecular complexity index is 572. The van der Waals surface area contributed by atoms with Gasteiger partial charge in [0.1, 0.15) is 0 Å². The van der Waals surface area contributed by atoms with E-state index in [-0.39, 0.29) is 5.41 Å². The van der Waals surface area contributed by atoms with E-state index in [0.29, 0.717) is 5.95 Å². The number of ether oxygens (including phenoxy) is 1. The van der Waals surface area contributed by atoms with Crippen LogP contribution in [0.2, 0.25) is 0 Å². The smallest absolute Gasteiger partial charge is 0.201 e. The second-order valence-corrected chi connectivity index (χ2v) is 5.91. The van der Waals surface area contributed by atoms with E-state index < -0.39 is 0 Å². The number of fused-ring (bicyclic) bond motifs is 1. The van der Waals surface area contributed by atoms with Crippen LogP contribution in [0, 0.1) is 12.3 Å². The molecule has 1 aromatic heterocycles. The molecule has 0 bridgehead atoms. The second-order valence-electron chi connectivity index (χ2n) is 5.91. The highest BCUT2D eigenvalue weighted by Gasteiger charge is 2.21. The van der Waals surface area contributed by atoms with Crippen molar-refractivity contribution in [1.82, 2.24) is 9.55 Å². The summed E-state index contributed by atoms with van der Waals surface area (Å²) in [6.45, 7) is 8.18. The van der Waals surface area contributed by atoms with Crippen LogP contribution in [0.15, 0.2) is 18.2 Å². The Hall–Kier alpha value is -1.55. The van der Waals surface area contributed by atoms with Crippen LogP contribution in [0.3, 0.4) is 0 Å². The first-order valence-electron chi connectivity index (χ1n) is 6.65. The van der Waals surface area contributed by atoms with E-state index in [9.17, 15) is 0 Å². The number of benzene rings is 1. The number of nitrogen functional groups attached to an aromatic ring is 1. The number of methoxy groups -OCH3 is 1. The Morgan fingerprint density at radius 2 is 2.11 bits per heavy atom. The van der Waals surface area contributed by atoms with E-state index in [1.807, 2.05) is 12.1 Å². The Morgan fingerprint density at radius 3 is 2.79 bits per heavy atom. The van der Waals surface area contributed by atoms with Gasteiger partial charge in [-0.1, -0.05) is 26.0 Å². The fraction of sp³-hybridized carbons (Fsp3) is 0.533. The molecule has 0 radical (unpaired) electrons. The molecule has 0 aliphatic carbocycles. The number of anilines is 1. The molecule has 0 saturated carbocycles. The molecule has 2 N–H and O–H groups in total. The van der Waals surface area contributed by atoms with Crippen molar-refractivity contribution in [2.75, 3.05) is 19.5 Å². The number of nitrogens with two attached hydrogens (primary N) is 1. The summed E-state index contributed by atoms with van der Waals surface area (Å²) in [7, 11) is 1.74. The predicted octanol–water partition coefficient (Wildman–Crippen LogP) is 2.99. The molecular formula is C15H23N3O. The lowest BCUT2D eigenvalue weighted by Gasteiger charge is -2.25. The number of aryl methyl sites for hydroxylation is 1. The number of hydrogen-bond donors (Lipinski definition) is 1. The van der Waals surface area contributed by atoms with Gasteiger partial charge in [-0.3, -0.25) is 0 Å². The lowest BCUT2D eigenvalue weighted by atomic mass is 9.89. The molecule has 2 aromatic rings. The van der Waals surface area contributed by atoms with Crippen LogP contribution >= 0.6 is 0 Å².